The average Bonchev–Trinajstić information content (AvgIpc) is 3.54. The maximum atomic E-state index is 5.15. The molecule has 0 unspecified atom stereocenters. The molecule has 3 heterocycles. The number of rotatable bonds is 3. The molecule has 0 bridgehead atoms. The Balaban J connectivity index is 1.34. The molecule has 0 radical (unpaired) electrons. The first-order valence-corrected chi connectivity index (χ1v) is 15.4. The van der Waals surface area contributed by atoms with Gasteiger partial charge in [0.1, 0.15) is 0 Å². The van der Waals surface area contributed by atoms with Crippen LogP contribution in [0, 0.1) is 0 Å². The third-order valence-electron chi connectivity index (χ3n) is 9.22. The van der Waals surface area contributed by atoms with Gasteiger partial charge in [0.15, 0.2) is 11.6 Å². The van der Waals surface area contributed by atoms with Crippen LogP contribution in [0.3, 0.4) is 0 Å². The van der Waals surface area contributed by atoms with Gasteiger partial charge in [0.2, 0.25) is 5.95 Å². The van der Waals surface area contributed by atoms with Crippen LogP contribution >= 0.6 is 11.3 Å². The molecule has 2 aliphatic carbocycles. The molecular weight excluding hydrogens is 533 g/mol. The van der Waals surface area contributed by atoms with Gasteiger partial charge in [0, 0.05) is 42.1 Å². The molecular formula is C37H24N4S. The van der Waals surface area contributed by atoms with E-state index in [1.807, 2.05) is 47.7 Å². The van der Waals surface area contributed by atoms with Gasteiger partial charge < -0.3 is 0 Å². The van der Waals surface area contributed by atoms with Crippen LogP contribution in [0.15, 0.2) is 97.1 Å². The van der Waals surface area contributed by atoms with E-state index < -0.39 is 0 Å². The number of nitrogens with zero attached hydrogens (tertiary/aromatic N) is 4. The number of fused-ring (bicyclic) bond motifs is 9. The summed E-state index contributed by atoms with van der Waals surface area (Å²) in [6.07, 6.45) is 4.65. The minimum atomic E-state index is 0.657. The van der Waals surface area contributed by atoms with Crippen LogP contribution in [0.1, 0.15) is 22.3 Å². The Morgan fingerprint density at radius 2 is 1.10 bits per heavy atom. The molecule has 5 aromatic carbocycles. The lowest BCUT2D eigenvalue weighted by Gasteiger charge is -2.19. The van der Waals surface area contributed by atoms with Crippen LogP contribution in [0.25, 0.3) is 70.7 Å². The van der Waals surface area contributed by atoms with Gasteiger partial charge in [0.25, 0.3) is 0 Å². The van der Waals surface area contributed by atoms with Gasteiger partial charge in [-0.2, -0.15) is 9.97 Å². The Hall–Kier alpha value is -4.87. The highest BCUT2D eigenvalue weighted by atomic mass is 32.1. The highest BCUT2D eigenvalue weighted by Crippen LogP contribution is 2.46. The minimum absolute atomic E-state index is 0.657. The highest BCUT2D eigenvalue weighted by molar-refractivity contribution is 7.26. The summed E-state index contributed by atoms with van der Waals surface area (Å²) in [4.78, 5) is 15.3. The first kappa shape index (κ1) is 22.8. The van der Waals surface area contributed by atoms with Gasteiger partial charge in [-0.15, -0.1) is 11.3 Å². The van der Waals surface area contributed by atoms with Crippen molar-refractivity contribution in [2.24, 2.45) is 0 Å². The first-order chi connectivity index (χ1) is 20.8. The van der Waals surface area contributed by atoms with Crippen molar-refractivity contribution in [2.45, 2.75) is 25.7 Å². The van der Waals surface area contributed by atoms with Gasteiger partial charge in [-0.1, -0.05) is 60.7 Å². The Morgan fingerprint density at radius 1 is 0.500 bits per heavy atom. The molecule has 8 aromatic rings. The van der Waals surface area contributed by atoms with Crippen LogP contribution in [0.4, 0.5) is 0 Å². The molecule has 0 atom stereocenters. The van der Waals surface area contributed by atoms with Gasteiger partial charge in [-0.3, -0.25) is 4.57 Å². The van der Waals surface area contributed by atoms with Gasteiger partial charge in [0.05, 0.1) is 11.0 Å². The molecule has 5 heteroatoms. The van der Waals surface area contributed by atoms with Crippen molar-refractivity contribution in [1.82, 2.24) is 19.5 Å². The molecule has 0 saturated carbocycles. The van der Waals surface area contributed by atoms with Crippen molar-refractivity contribution < 1.29 is 0 Å². The maximum Gasteiger partial charge on any atom is 0.238 e. The maximum absolute atomic E-state index is 5.15. The summed E-state index contributed by atoms with van der Waals surface area (Å²) >= 11 is 1.92. The van der Waals surface area contributed by atoms with E-state index in [9.17, 15) is 0 Å². The predicted molar refractivity (Wildman–Crippen MR) is 173 cm³/mol. The largest absolute Gasteiger partial charge is 0.278 e. The van der Waals surface area contributed by atoms with E-state index in [1.165, 1.54) is 71.6 Å². The van der Waals surface area contributed by atoms with E-state index in [4.69, 9.17) is 15.0 Å². The quantitative estimate of drug-likeness (QED) is 0.218. The fraction of sp³-hybridized carbons (Fsp3) is 0.108. The molecule has 0 fully saturated rings. The van der Waals surface area contributed by atoms with Crippen molar-refractivity contribution in [3.8, 4) is 28.7 Å². The normalized spacial score (nSPS) is 13.8. The van der Waals surface area contributed by atoms with E-state index in [0.29, 0.717) is 17.6 Å². The Kier molecular flexibility index (Phi) is 4.52. The molecule has 0 spiro atoms. The summed E-state index contributed by atoms with van der Waals surface area (Å²) in [5, 5.41) is 5.35. The molecule has 0 N–H and O–H groups in total. The van der Waals surface area contributed by atoms with Crippen molar-refractivity contribution in [3.05, 3.63) is 119 Å². The first-order valence-electron chi connectivity index (χ1n) is 14.6. The van der Waals surface area contributed by atoms with Crippen LogP contribution in [0.5, 0.6) is 0 Å². The zero-order valence-corrected chi connectivity index (χ0v) is 23.6. The summed E-state index contributed by atoms with van der Waals surface area (Å²) in [7, 11) is 0. The second-order valence-corrected chi connectivity index (χ2v) is 12.6. The van der Waals surface area contributed by atoms with Crippen LogP contribution in [-0.2, 0) is 25.7 Å². The van der Waals surface area contributed by atoms with Crippen LogP contribution in [0.2, 0.25) is 0 Å². The Morgan fingerprint density at radius 3 is 1.74 bits per heavy atom. The summed E-state index contributed by atoms with van der Waals surface area (Å²) in [5.41, 5.74) is 10.2. The number of hydrogen-bond acceptors (Lipinski definition) is 4. The van der Waals surface area contributed by atoms with Crippen molar-refractivity contribution >= 4 is 53.3 Å². The molecule has 10 rings (SSSR count). The standard InChI is InChI=1S/C37H24N4S/c1-3-7-21(8-4-1)35-38-36(22-9-5-2-6-10-22)40-37(39-35)41-29-15-16-31-34(28-18-24-12-14-26(24)20-32(28)42-31)33(29)27-17-23-11-13-25(23)19-30(27)41/h1-10,15-20H,11-14H2. The molecule has 0 amide bonds. The predicted octanol–water partition coefficient (Wildman–Crippen LogP) is 8.87. The molecule has 0 saturated heterocycles. The lowest BCUT2D eigenvalue weighted by molar-refractivity contribution is 0.842. The summed E-state index contributed by atoms with van der Waals surface area (Å²) < 4.78 is 5.02. The summed E-state index contributed by atoms with van der Waals surface area (Å²) in [5.74, 6) is 2.02. The van der Waals surface area contributed by atoms with Crippen molar-refractivity contribution in [3.63, 3.8) is 0 Å². The van der Waals surface area contributed by atoms with Crippen LogP contribution in [-0.4, -0.2) is 19.5 Å². The van der Waals surface area contributed by atoms with E-state index >= 15 is 0 Å². The average molecular weight is 557 g/mol. The van der Waals surface area contributed by atoms with E-state index in [2.05, 4.69) is 65.2 Å². The molecule has 4 nitrogen and oxygen atoms in total. The Bertz CT molecular complexity index is 2340. The minimum Gasteiger partial charge on any atom is -0.278 e. The van der Waals surface area contributed by atoms with Crippen molar-refractivity contribution in [1.29, 1.82) is 0 Å². The third-order valence-corrected chi connectivity index (χ3v) is 10.3. The molecule has 198 valence electrons. The lowest BCUT2D eigenvalue weighted by atomic mass is 9.86. The van der Waals surface area contributed by atoms with Gasteiger partial charge in [-0.25, -0.2) is 4.98 Å². The van der Waals surface area contributed by atoms with Crippen molar-refractivity contribution in [2.75, 3.05) is 0 Å². The zero-order valence-electron chi connectivity index (χ0n) is 22.8. The van der Waals surface area contributed by atoms with E-state index in [1.54, 1.807) is 0 Å². The second kappa shape index (κ2) is 8.34. The van der Waals surface area contributed by atoms with Gasteiger partial charge in [-0.05, 0) is 84.3 Å². The van der Waals surface area contributed by atoms with E-state index in [-0.39, 0.29) is 0 Å². The molecule has 3 aromatic heterocycles. The van der Waals surface area contributed by atoms with Gasteiger partial charge >= 0.3 is 0 Å². The lowest BCUT2D eigenvalue weighted by Crippen LogP contribution is -2.09. The number of aromatic nitrogens is 4. The second-order valence-electron chi connectivity index (χ2n) is 11.5. The SMILES string of the molecule is c1ccc(-c2nc(-c3ccccc3)nc(-n3c4cc5c(cc4c4c6c(ccc43)sc3cc4c(cc36)CC4)CC5)n2)cc1. The number of aryl methyl sites for hydroxylation is 4. The molecule has 42 heavy (non-hydrogen) atoms. The zero-order chi connectivity index (χ0) is 27.4. The molecule has 2 aliphatic rings. The van der Waals surface area contributed by atoms with Crippen LogP contribution < -0.4 is 0 Å². The fourth-order valence-corrected chi connectivity index (χ4v) is 8.03. The fourth-order valence-electron chi connectivity index (χ4n) is 6.87. The third kappa shape index (κ3) is 3.14. The highest BCUT2D eigenvalue weighted by Gasteiger charge is 2.25. The smallest absolute Gasteiger partial charge is 0.238 e. The molecule has 0 aliphatic heterocycles. The number of hydrogen-bond donors (Lipinski definition) is 0. The Labute approximate surface area is 245 Å². The topological polar surface area (TPSA) is 43.6 Å². The number of thiophene rings is 1. The van der Waals surface area contributed by atoms with E-state index in [0.717, 1.165) is 29.5 Å². The summed E-state index contributed by atoms with van der Waals surface area (Å²) in [6, 6.07) is 34.8. The number of benzene rings is 5. The summed E-state index contributed by atoms with van der Waals surface area (Å²) in [6.45, 7) is 0. The monoisotopic (exact) mass is 556 g/mol.